The predicted molar refractivity (Wildman–Crippen MR) is 87.9 cm³/mol. The van der Waals surface area contributed by atoms with Crippen molar-refractivity contribution in [3.05, 3.63) is 45.5 Å². The van der Waals surface area contributed by atoms with E-state index in [0.29, 0.717) is 10.6 Å². The Bertz CT molecular complexity index is 787. The van der Waals surface area contributed by atoms with Crippen LogP contribution in [-0.4, -0.2) is 32.9 Å². The van der Waals surface area contributed by atoms with Crippen LogP contribution in [0.5, 0.6) is 0 Å². The van der Waals surface area contributed by atoms with Crippen LogP contribution in [0.2, 0.25) is 0 Å². The van der Waals surface area contributed by atoms with Gasteiger partial charge in [-0.15, -0.1) is 11.3 Å². The Balaban J connectivity index is 2.21. The van der Waals surface area contributed by atoms with Crippen LogP contribution < -0.4 is 5.32 Å². The van der Waals surface area contributed by atoms with Gasteiger partial charge in [0.25, 0.3) is 11.6 Å². The number of carbonyl (C=O) groups excluding carboxylic acids is 1. The number of thiazole rings is 1. The van der Waals surface area contributed by atoms with Crippen LogP contribution in [0.15, 0.2) is 29.6 Å². The third-order valence-electron chi connectivity index (χ3n) is 3.26. The van der Waals surface area contributed by atoms with Gasteiger partial charge in [-0.2, -0.15) is 0 Å². The number of nitrogens with zero attached hydrogens (tertiary/aromatic N) is 2. The van der Waals surface area contributed by atoms with Gasteiger partial charge in [-0.3, -0.25) is 14.9 Å². The Labute approximate surface area is 141 Å². The Morgan fingerprint density at radius 3 is 2.67 bits per heavy atom. The standard InChI is InChI=1S/C15H15N3O5S/c1-8(2)12(15(20)21)17-13(19)11-7-24-14(16-11)9-4-3-5-10(6-9)18(22)23/h3-8,12H,1-2H3,(H,17,19)(H,20,21). The largest absolute Gasteiger partial charge is 0.480 e. The number of hydrogen-bond acceptors (Lipinski definition) is 6. The van der Waals surface area contributed by atoms with Crippen LogP contribution in [0.25, 0.3) is 10.6 Å². The fourth-order valence-corrected chi connectivity index (χ4v) is 2.79. The van der Waals surface area contributed by atoms with Crippen molar-refractivity contribution in [1.29, 1.82) is 0 Å². The molecule has 9 heteroatoms. The molecule has 1 unspecified atom stereocenters. The van der Waals surface area contributed by atoms with Crippen molar-refractivity contribution in [3.8, 4) is 10.6 Å². The molecule has 8 nitrogen and oxygen atoms in total. The van der Waals surface area contributed by atoms with Crippen LogP contribution in [0.4, 0.5) is 5.69 Å². The number of carboxylic acid groups (broad SMARTS) is 1. The number of amides is 1. The SMILES string of the molecule is CC(C)C(NC(=O)c1csc(-c2cccc([N+](=O)[O-])c2)n1)C(=O)O. The van der Waals surface area contributed by atoms with E-state index in [1.165, 1.54) is 23.6 Å². The van der Waals surface area contributed by atoms with Crippen LogP contribution >= 0.6 is 11.3 Å². The fraction of sp³-hybridized carbons (Fsp3) is 0.267. The van der Waals surface area contributed by atoms with E-state index in [4.69, 9.17) is 5.11 Å². The zero-order chi connectivity index (χ0) is 17.9. The molecule has 0 bridgehead atoms. The highest BCUT2D eigenvalue weighted by molar-refractivity contribution is 7.13. The zero-order valence-corrected chi connectivity index (χ0v) is 13.7. The number of benzene rings is 1. The third kappa shape index (κ3) is 3.93. The topological polar surface area (TPSA) is 122 Å². The molecule has 2 rings (SSSR count). The molecule has 1 aromatic heterocycles. The molecule has 1 atom stereocenters. The van der Waals surface area contributed by atoms with Gasteiger partial charge in [-0.25, -0.2) is 9.78 Å². The molecule has 2 aromatic rings. The van der Waals surface area contributed by atoms with Gasteiger partial charge in [0, 0.05) is 23.1 Å². The summed E-state index contributed by atoms with van der Waals surface area (Å²) in [5, 5.41) is 24.3. The molecule has 1 aromatic carbocycles. The Morgan fingerprint density at radius 2 is 2.08 bits per heavy atom. The van der Waals surface area contributed by atoms with Crippen molar-refractivity contribution < 1.29 is 19.6 Å². The summed E-state index contributed by atoms with van der Waals surface area (Å²) in [6.07, 6.45) is 0. The second-order valence-electron chi connectivity index (χ2n) is 5.38. The normalized spacial score (nSPS) is 12.0. The fourth-order valence-electron chi connectivity index (χ4n) is 1.99. The lowest BCUT2D eigenvalue weighted by Crippen LogP contribution is -2.44. The van der Waals surface area contributed by atoms with E-state index in [1.807, 2.05) is 0 Å². The van der Waals surface area contributed by atoms with Gasteiger partial charge >= 0.3 is 5.97 Å². The second kappa shape index (κ2) is 7.18. The van der Waals surface area contributed by atoms with E-state index < -0.39 is 22.8 Å². The van der Waals surface area contributed by atoms with Crippen LogP contribution in [0.1, 0.15) is 24.3 Å². The average Bonchev–Trinajstić information content (AvgIpc) is 3.02. The molecular formula is C15H15N3O5S. The number of nitro groups is 1. The van der Waals surface area contributed by atoms with E-state index >= 15 is 0 Å². The highest BCUT2D eigenvalue weighted by Gasteiger charge is 2.25. The molecule has 24 heavy (non-hydrogen) atoms. The first kappa shape index (κ1) is 17.5. The minimum atomic E-state index is -1.12. The maximum absolute atomic E-state index is 12.1. The van der Waals surface area contributed by atoms with Crippen LogP contribution in [-0.2, 0) is 4.79 Å². The Morgan fingerprint density at radius 1 is 1.38 bits per heavy atom. The number of nitro benzene ring substituents is 1. The lowest BCUT2D eigenvalue weighted by Gasteiger charge is -2.16. The van der Waals surface area contributed by atoms with Gasteiger partial charge in [-0.05, 0) is 5.92 Å². The highest BCUT2D eigenvalue weighted by atomic mass is 32.1. The Kier molecular flexibility index (Phi) is 5.24. The first-order chi connectivity index (χ1) is 11.3. The van der Waals surface area contributed by atoms with Crippen molar-refractivity contribution in [2.75, 3.05) is 0 Å². The van der Waals surface area contributed by atoms with Gasteiger partial charge in [0.15, 0.2) is 0 Å². The second-order valence-corrected chi connectivity index (χ2v) is 6.24. The molecule has 0 spiro atoms. The van der Waals surface area contributed by atoms with Crippen molar-refractivity contribution in [1.82, 2.24) is 10.3 Å². The smallest absolute Gasteiger partial charge is 0.326 e. The summed E-state index contributed by atoms with van der Waals surface area (Å²) in [7, 11) is 0. The molecule has 0 aliphatic carbocycles. The van der Waals surface area contributed by atoms with Gasteiger partial charge < -0.3 is 10.4 Å². The summed E-state index contributed by atoms with van der Waals surface area (Å²) in [6.45, 7) is 3.38. The van der Waals surface area contributed by atoms with E-state index in [2.05, 4.69) is 10.3 Å². The number of aliphatic carboxylic acids is 1. The molecule has 0 aliphatic heterocycles. The molecule has 0 saturated carbocycles. The molecule has 0 fully saturated rings. The molecular weight excluding hydrogens is 334 g/mol. The van der Waals surface area contributed by atoms with Crippen molar-refractivity contribution in [2.24, 2.45) is 5.92 Å². The number of nitrogens with one attached hydrogen (secondary N) is 1. The number of aromatic nitrogens is 1. The zero-order valence-electron chi connectivity index (χ0n) is 12.9. The molecule has 0 aliphatic rings. The maximum atomic E-state index is 12.1. The van der Waals surface area contributed by atoms with Gasteiger partial charge in [-0.1, -0.05) is 26.0 Å². The molecule has 126 valence electrons. The molecule has 0 radical (unpaired) electrons. The first-order valence-electron chi connectivity index (χ1n) is 7.03. The van der Waals surface area contributed by atoms with E-state index in [-0.39, 0.29) is 17.3 Å². The van der Waals surface area contributed by atoms with Crippen molar-refractivity contribution in [3.63, 3.8) is 0 Å². The van der Waals surface area contributed by atoms with Crippen LogP contribution in [0, 0.1) is 16.0 Å². The number of non-ortho nitro benzene ring substituents is 1. The average molecular weight is 349 g/mol. The maximum Gasteiger partial charge on any atom is 0.326 e. The summed E-state index contributed by atoms with van der Waals surface area (Å²) in [6, 6.07) is 4.91. The number of carbonyl (C=O) groups is 2. The van der Waals surface area contributed by atoms with Gasteiger partial charge in [0.2, 0.25) is 0 Å². The van der Waals surface area contributed by atoms with Gasteiger partial charge in [0.1, 0.15) is 16.7 Å². The summed E-state index contributed by atoms with van der Waals surface area (Å²) in [4.78, 5) is 37.7. The summed E-state index contributed by atoms with van der Waals surface area (Å²) < 4.78 is 0. The monoisotopic (exact) mass is 349 g/mol. The van der Waals surface area contributed by atoms with Crippen LogP contribution in [0.3, 0.4) is 0 Å². The lowest BCUT2D eigenvalue weighted by atomic mass is 10.0. The summed E-state index contributed by atoms with van der Waals surface area (Å²) in [5.74, 6) is -1.99. The number of carboxylic acids is 1. The summed E-state index contributed by atoms with van der Waals surface area (Å²) in [5.41, 5.74) is 0.528. The quantitative estimate of drug-likeness (QED) is 0.610. The van der Waals surface area contributed by atoms with E-state index in [9.17, 15) is 19.7 Å². The van der Waals surface area contributed by atoms with E-state index in [0.717, 1.165) is 11.3 Å². The molecule has 2 N–H and O–H groups in total. The predicted octanol–water partition coefficient (Wildman–Crippen LogP) is 2.56. The molecule has 1 amide bonds. The van der Waals surface area contributed by atoms with Crippen molar-refractivity contribution in [2.45, 2.75) is 19.9 Å². The lowest BCUT2D eigenvalue weighted by molar-refractivity contribution is -0.384. The Hall–Kier alpha value is -2.81. The number of hydrogen-bond donors (Lipinski definition) is 2. The molecule has 0 saturated heterocycles. The van der Waals surface area contributed by atoms with Gasteiger partial charge in [0.05, 0.1) is 4.92 Å². The minimum Gasteiger partial charge on any atom is -0.480 e. The minimum absolute atomic E-state index is 0.0700. The highest BCUT2D eigenvalue weighted by Crippen LogP contribution is 2.26. The summed E-state index contributed by atoms with van der Waals surface area (Å²) >= 11 is 1.15. The van der Waals surface area contributed by atoms with E-state index in [1.54, 1.807) is 19.9 Å². The number of rotatable bonds is 6. The first-order valence-corrected chi connectivity index (χ1v) is 7.91. The van der Waals surface area contributed by atoms with Crippen molar-refractivity contribution >= 4 is 28.9 Å². The molecule has 1 heterocycles. The third-order valence-corrected chi connectivity index (χ3v) is 4.15.